The molecule has 1 fully saturated rings. The Morgan fingerprint density at radius 3 is 2.68 bits per heavy atom. The number of rotatable bonds is 8. The van der Waals surface area contributed by atoms with Gasteiger partial charge in [-0.1, -0.05) is 20.8 Å². The van der Waals surface area contributed by atoms with Crippen LogP contribution < -0.4 is 5.32 Å². The van der Waals surface area contributed by atoms with Gasteiger partial charge in [-0.3, -0.25) is 14.3 Å². The summed E-state index contributed by atoms with van der Waals surface area (Å²) in [6.45, 7) is 11.1. The summed E-state index contributed by atoms with van der Waals surface area (Å²) in [4.78, 5) is 25.6. The summed E-state index contributed by atoms with van der Waals surface area (Å²) in [5, 5.41) is 16.4. The van der Waals surface area contributed by atoms with E-state index in [1.807, 2.05) is 17.8 Å². The highest BCUT2D eigenvalue weighted by molar-refractivity contribution is 5.95. The molecule has 7 nitrogen and oxygen atoms in total. The summed E-state index contributed by atoms with van der Waals surface area (Å²) in [6, 6.07) is 0.0372. The van der Waals surface area contributed by atoms with Crippen LogP contribution in [0.3, 0.4) is 0 Å². The Hall–Kier alpha value is -1.89. The van der Waals surface area contributed by atoms with Gasteiger partial charge in [-0.05, 0) is 25.2 Å². The van der Waals surface area contributed by atoms with Crippen LogP contribution in [0.4, 0.5) is 0 Å². The summed E-state index contributed by atoms with van der Waals surface area (Å²) in [7, 11) is 0. The van der Waals surface area contributed by atoms with Crippen LogP contribution in [0.1, 0.15) is 49.7 Å². The normalized spacial score (nSPS) is 21.0. The van der Waals surface area contributed by atoms with Crippen molar-refractivity contribution >= 4 is 11.9 Å². The number of nitrogens with zero attached hydrogens (tertiary/aromatic N) is 3. The summed E-state index contributed by atoms with van der Waals surface area (Å²) >= 11 is 0. The summed E-state index contributed by atoms with van der Waals surface area (Å²) in [5.74, 6) is -0.129. The van der Waals surface area contributed by atoms with Crippen LogP contribution in [0.15, 0.2) is 6.20 Å². The van der Waals surface area contributed by atoms with E-state index in [2.05, 4.69) is 36.1 Å². The van der Waals surface area contributed by atoms with Crippen LogP contribution in [0, 0.1) is 18.8 Å². The zero-order valence-electron chi connectivity index (χ0n) is 15.7. The minimum absolute atomic E-state index is 0.0372. The predicted molar refractivity (Wildman–Crippen MR) is 95.5 cm³/mol. The minimum Gasteiger partial charge on any atom is -0.481 e. The molecule has 2 heterocycles. The molecule has 7 heteroatoms. The molecule has 0 unspecified atom stereocenters. The Morgan fingerprint density at radius 2 is 2.08 bits per heavy atom. The largest absolute Gasteiger partial charge is 0.481 e. The van der Waals surface area contributed by atoms with E-state index in [1.54, 1.807) is 0 Å². The molecule has 1 aliphatic heterocycles. The second-order valence-electron chi connectivity index (χ2n) is 7.28. The molecule has 0 radical (unpaired) electrons. The van der Waals surface area contributed by atoms with E-state index >= 15 is 0 Å². The number of carbonyl (C=O) groups excluding carboxylic acids is 1. The molecule has 140 valence electrons. The maximum Gasteiger partial charge on any atom is 0.304 e. The van der Waals surface area contributed by atoms with Crippen molar-refractivity contribution < 1.29 is 14.7 Å². The van der Waals surface area contributed by atoms with E-state index in [-0.39, 0.29) is 18.4 Å². The zero-order chi connectivity index (χ0) is 18.6. The Labute approximate surface area is 149 Å². The van der Waals surface area contributed by atoms with Gasteiger partial charge in [0.05, 0.1) is 17.7 Å². The minimum atomic E-state index is -0.785. The molecule has 0 bridgehead atoms. The van der Waals surface area contributed by atoms with E-state index in [4.69, 9.17) is 5.11 Å². The molecular formula is C18H30N4O3. The number of hydrogen-bond donors (Lipinski definition) is 2. The zero-order valence-corrected chi connectivity index (χ0v) is 15.7. The van der Waals surface area contributed by atoms with Crippen molar-refractivity contribution in [1.29, 1.82) is 0 Å². The highest BCUT2D eigenvalue weighted by atomic mass is 16.4. The molecule has 1 amide bonds. The van der Waals surface area contributed by atoms with Gasteiger partial charge in [0.25, 0.3) is 5.91 Å². The van der Waals surface area contributed by atoms with Crippen LogP contribution in [-0.2, 0) is 11.3 Å². The lowest BCUT2D eigenvalue weighted by atomic mass is 9.91. The van der Waals surface area contributed by atoms with Gasteiger partial charge in [-0.15, -0.1) is 0 Å². The lowest BCUT2D eigenvalue weighted by Gasteiger charge is -2.22. The number of aromatic nitrogens is 2. The lowest BCUT2D eigenvalue weighted by molar-refractivity contribution is -0.137. The van der Waals surface area contributed by atoms with E-state index < -0.39 is 5.97 Å². The topological polar surface area (TPSA) is 87.5 Å². The first-order valence-electron chi connectivity index (χ1n) is 9.10. The van der Waals surface area contributed by atoms with Crippen molar-refractivity contribution in [3.63, 3.8) is 0 Å². The van der Waals surface area contributed by atoms with Crippen molar-refractivity contribution in [3.05, 3.63) is 17.5 Å². The molecule has 2 N–H and O–H groups in total. The van der Waals surface area contributed by atoms with Crippen LogP contribution in [0.5, 0.6) is 0 Å². The molecule has 1 aromatic heterocycles. The number of carboxylic acids is 1. The molecule has 2 atom stereocenters. The van der Waals surface area contributed by atoms with Gasteiger partial charge in [-0.25, -0.2) is 0 Å². The average Bonchev–Trinajstić information content (AvgIpc) is 3.09. The van der Waals surface area contributed by atoms with Gasteiger partial charge in [0.1, 0.15) is 0 Å². The smallest absolute Gasteiger partial charge is 0.304 e. The Bertz CT molecular complexity index is 611. The number of nitrogens with one attached hydrogen (secondary N) is 1. The Morgan fingerprint density at radius 1 is 1.36 bits per heavy atom. The van der Waals surface area contributed by atoms with E-state index in [9.17, 15) is 9.59 Å². The fourth-order valence-electron chi connectivity index (χ4n) is 3.51. The average molecular weight is 350 g/mol. The first kappa shape index (κ1) is 19.4. The van der Waals surface area contributed by atoms with E-state index in [1.165, 1.54) is 0 Å². The SMILES string of the molecule is CCCn1cc(C(=O)N[C@@H]2CN(CCC(=O)O)C[C@H]2C(C)C)c(C)n1. The van der Waals surface area contributed by atoms with Crippen LogP contribution in [-0.4, -0.2) is 57.3 Å². The van der Waals surface area contributed by atoms with Crippen LogP contribution in [0.25, 0.3) is 0 Å². The molecule has 1 saturated heterocycles. The van der Waals surface area contributed by atoms with Crippen molar-refractivity contribution in [2.75, 3.05) is 19.6 Å². The molecule has 0 aliphatic carbocycles. The Kier molecular flexibility index (Phi) is 6.58. The van der Waals surface area contributed by atoms with Crippen molar-refractivity contribution in [3.8, 4) is 0 Å². The summed E-state index contributed by atoms with van der Waals surface area (Å²) < 4.78 is 1.82. The summed E-state index contributed by atoms with van der Waals surface area (Å²) in [6.07, 6.45) is 2.92. The third-order valence-electron chi connectivity index (χ3n) is 4.90. The summed E-state index contributed by atoms with van der Waals surface area (Å²) in [5.41, 5.74) is 1.37. The third kappa shape index (κ3) is 5.04. The first-order chi connectivity index (χ1) is 11.8. The number of carbonyl (C=O) groups is 2. The highest BCUT2D eigenvalue weighted by Gasteiger charge is 2.36. The molecule has 0 spiro atoms. The van der Waals surface area contributed by atoms with Gasteiger partial charge in [0, 0.05) is 38.4 Å². The molecule has 1 aromatic rings. The Balaban J connectivity index is 2.03. The molecule has 0 saturated carbocycles. The second kappa shape index (κ2) is 8.47. The fourth-order valence-corrected chi connectivity index (χ4v) is 3.51. The van der Waals surface area contributed by atoms with E-state index in [0.29, 0.717) is 30.5 Å². The standard InChI is InChI=1S/C18H30N4O3/c1-5-7-22-10-15(13(4)20-22)18(25)19-16-11-21(8-6-17(23)24)9-14(16)12(2)3/h10,12,14,16H,5-9,11H2,1-4H3,(H,19,25)(H,23,24)/t14-,16+/m0/s1. The van der Waals surface area contributed by atoms with E-state index in [0.717, 1.165) is 25.2 Å². The van der Waals surface area contributed by atoms with Crippen molar-refractivity contribution in [2.45, 2.75) is 53.1 Å². The van der Waals surface area contributed by atoms with Crippen molar-refractivity contribution in [1.82, 2.24) is 20.0 Å². The number of carboxylic acid groups (broad SMARTS) is 1. The van der Waals surface area contributed by atoms with Gasteiger partial charge in [0.2, 0.25) is 0 Å². The fraction of sp³-hybridized carbons (Fsp3) is 0.722. The number of likely N-dealkylation sites (tertiary alicyclic amines) is 1. The molecular weight excluding hydrogens is 320 g/mol. The molecule has 25 heavy (non-hydrogen) atoms. The quantitative estimate of drug-likeness (QED) is 0.746. The second-order valence-corrected chi connectivity index (χ2v) is 7.28. The van der Waals surface area contributed by atoms with Gasteiger partial charge in [-0.2, -0.15) is 5.10 Å². The number of amides is 1. The van der Waals surface area contributed by atoms with Gasteiger partial charge >= 0.3 is 5.97 Å². The maximum absolute atomic E-state index is 12.7. The van der Waals surface area contributed by atoms with Crippen LogP contribution in [0.2, 0.25) is 0 Å². The van der Waals surface area contributed by atoms with Crippen LogP contribution >= 0.6 is 0 Å². The lowest BCUT2D eigenvalue weighted by Crippen LogP contribution is -2.42. The predicted octanol–water partition coefficient (Wildman–Crippen LogP) is 1.76. The van der Waals surface area contributed by atoms with Crippen molar-refractivity contribution in [2.24, 2.45) is 11.8 Å². The highest BCUT2D eigenvalue weighted by Crippen LogP contribution is 2.25. The number of aliphatic carboxylic acids is 1. The molecule has 2 rings (SSSR count). The third-order valence-corrected chi connectivity index (χ3v) is 4.90. The maximum atomic E-state index is 12.7. The monoisotopic (exact) mass is 350 g/mol. The number of hydrogen-bond acceptors (Lipinski definition) is 4. The first-order valence-corrected chi connectivity index (χ1v) is 9.10. The van der Waals surface area contributed by atoms with Gasteiger partial charge < -0.3 is 15.3 Å². The number of aryl methyl sites for hydroxylation is 2. The molecule has 1 aliphatic rings. The van der Waals surface area contributed by atoms with Gasteiger partial charge in [0.15, 0.2) is 0 Å². The molecule has 0 aromatic carbocycles.